The van der Waals surface area contributed by atoms with Gasteiger partial charge in [-0.1, -0.05) is 0 Å². The van der Waals surface area contributed by atoms with Gasteiger partial charge in [-0.05, 0) is 51.3 Å². The second-order valence-corrected chi connectivity index (χ2v) is 10.1. The maximum Gasteiger partial charge on any atom is 0.310 e. The first-order valence-electron chi connectivity index (χ1n) is 5.13. The van der Waals surface area contributed by atoms with Crippen LogP contribution in [0.4, 0.5) is 16.8 Å². The third-order valence-corrected chi connectivity index (χ3v) is 6.43. The lowest BCUT2D eigenvalue weighted by Crippen LogP contribution is -2.35. The van der Waals surface area contributed by atoms with E-state index in [4.69, 9.17) is 0 Å². The fourth-order valence-corrected chi connectivity index (χ4v) is 5.87. The van der Waals surface area contributed by atoms with Gasteiger partial charge >= 0.3 is 13.3 Å². The van der Waals surface area contributed by atoms with Gasteiger partial charge in [0.05, 0.1) is 0 Å². The van der Waals surface area contributed by atoms with Crippen molar-refractivity contribution >= 4 is 36.9 Å². The van der Waals surface area contributed by atoms with Crippen molar-refractivity contribution in [2.24, 2.45) is 0 Å². The Hall–Kier alpha value is 0.360. The van der Waals surface area contributed by atoms with Gasteiger partial charge in [0.15, 0.2) is 5.06 Å². The van der Waals surface area contributed by atoms with Crippen molar-refractivity contribution in [1.82, 2.24) is 10.6 Å². The standard InChI is InChI=1S/C8H16F4N2P2S2/c1-5(2)13-7(14-6(3)4)8(15(9,10)17)16(11,12)18/h5-6,13-14H,1-4H3. The Kier molecular flexibility index (Phi) is 6.82. The van der Waals surface area contributed by atoms with E-state index >= 15 is 0 Å². The molecule has 0 spiro atoms. The summed E-state index contributed by atoms with van der Waals surface area (Å²) in [6, 6.07) is -0.575. The second kappa shape index (κ2) is 6.69. The summed E-state index contributed by atoms with van der Waals surface area (Å²) in [6.45, 7) is -3.96. The van der Waals surface area contributed by atoms with Crippen LogP contribution < -0.4 is 10.6 Å². The van der Waals surface area contributed by atoms with Crippen LogP contribution >= 0.6 is 13.3 Å². The number of rotatable bonds is 6. The molecule has 0 aromatic heterocycles. The highest BCUT2D eigenvalue weighted by Crippen LogP contribution is 2.76. The quantitative estimate of drug-likeness (QED) is 0.544. The van der Waals surface area contributed by atoms with Crippen LogP contribution in [0.1, 0.15) is 27.7 Å². The minimum atomic E-state index is -5.28. The molecule has 0 aliphatic heterocycles. The van der Waals surface area contributed by atoms with Crippen molar-refractivity contribution in [1.29, 1.82) is 0 Å². The summed E-state index contributed by atoms with van der Waals surface area (Å²) >= 11 is 7.91. The molecule has 2 N–H and O–H groups in total. The van der Waals surface area contributed by atoms with Gasteiger partial charge in [0, 0.05) is 12.1 Å². The Morgan fingerprint density at radius 1 is 0.833 bits per heavy atom. The van der Waals surface area contributed by atoms with Gasteiger partial charge in [0.25, 0.3) is 0 Å². The lowest BCUT2D eigenvalue weighted by Gasteiger charge is -2.23. The highest BCUT2D eigenvalue weighted by molar-refractivity contribution is 8.22. The Labute approximate surface area is 115 Å². The number of hydrogen-bond donors (Lipinski definition) is 2. The van der Waals surface area contributed by atoms with Gasteiger partial charge in [-0.15, -0.1) is 0 Å². The highest BCUT2D eigenvalue weighted by Gasteiger charge is 2.39. The minimum absolute atomic E-state index is 0.288. The van der Waals surface area contributed by atoms with Crippen LogP contribution in [-0.4, -0.2) is 12.1 Å². The average Bonchev–Trinajstić information content (AvgIpc) is 1.93. The third-order valence-electron chi connectivity index (χ3n) is 1.58. The molecule has 0 saturated carbocycles. The first-order chi connectivity index (χ1) is 7.85. The van der Waals surface area contributed by atoms with E-state index < -0.39 is 24.2 Å². The van der Waals surface area contributed by atoms with Crippen LogP contribution in [0, 0.1) is 0 Å². The molecule has 0 bridgehead atoms. The van der Waals surface area contributed by atoms with Crippen molar-refractivity contribution in [3.8, 4) is 0 Å². The zero-order chi connectivity index (χ0) is 14.7. The molecular formula is C8H16F4N2P2S2. The van der Waals surface area contributed by atoms with Crippen LogP contribution in [0.3, 0.4) is 0 Å². The van der Waals surface area contributed by atoms with Crippen LogP contribution in [0.15, 0.2) is 10.9 Å². The van der Waals surface area contributed by atoms with E-state index in [1.807, 2.05) is 0 Å². The maximum atomic E-state index is 13.3. The molecule has 0 radical (unpaired) electrons. The molecule has 0 aliphatic rings. The molecule has 0 fully saturated rings. The van der Waals surface area contributed by atoms with E-state index in [9.17, 15) is 16.8 Å². The van der Waals surface area contributed by atoms with Crippen molar-refractivity contribution in [2.45, 2.75) is 39.8 Å². The summed E-state index contributed by atoms with van der Waals surface area (Å²) < 4.78 is 53.2. The smallest absolute Gasteiger partial charge is 0.310 e. The van der Waals surface area contributed by atoms with E-state index in [2.05, 4.69) is 34.2 Å². The summed E-state index contributed by atoms with van der Waals surface area (Å²) in [7, 11) is 0. The second-order valence-electron chi connectivity index (χ2n) is 4.22. The molecule has 0 amide bonds. The molecule has 0 aliphatic carbocycles. The van der Waals surface area contributed by atoms with Gasteiger partial charge in [-0.2, -0.15) is 16.8 Å². The van der Waals surface area contributed by atoms with E-state index in [-0.39, 0.29) is 12.1 Å². The molecule has 18 heavy (non-hydrogen) atoms. The summed E-state index contributed by atoms with van der Waals surface area (Å²) in [5, 5.41) is 3.75. The molecule has 0 aromatic carbocycles. The van der Waals surface area contributed by atoms with Crippen LogP contribution in [-0.2, 0) is 23.6 Å². The van der Waals surface area contributed by atoms with Crippen molar-refractivity contribution in [2.75, 3.05) is 0 Å². The van der Waals surface area contributed by atoms with Gasteiger partial charge in [0.1, 0.15) is 5.82 Å². The van der Waals surface area contributed by atoms with Crippen LogP contribution in [0.25, 0.3) is 0 Å². The normalized spacial score (nSPS) is 12.8. The molecule has 108 valence electrons. The zero-order valence-electron chi connectivity index (χ0n) is 10.4. The third kappa shape index (κ3) is 6.50. The summed E-state index contributed by atoms with van der Waals surface area (Å²) in [5.74, 6) is -0.401. The molecule has 0 saturated heterocycles. The molecule has 0 aromatic rings. The Bertz CT molecular complexity index is 377. The molecule has 0 heterocycles. The topological polar surface area (TPSA) is 24.1 Å². The fourth-order valence-electron chi connectivity index (χ4n) is 1.14. The Morgan fingerprint density at radius 3 is 1.28 bits per heavy atom. The molecule has 0 unspecified atom stereocenters. The maximum absolute atomic E-state index is 13.3. The predicted molar refractivity (Wildman–Crippen MR) is 76.6 cm³/mol. The first kappa shape index (κ1) is 18.4. The molecule has 2 nitrogen and oxygen atoms in total. The number of hydrogen-bond acceptors (Lipinski definition) is 4. The van der Waals surface area contributed by atoms with E-state index in [0.29, 0.717) is 0 Å². The van der Waals surface area contributed by atoms with Crippen LogP contribution in [0.2, 0.25) is 0 Å². The lowest BCUT2D eigenvalue weighted by atomic mass is 10.3. The monoisotopic (exact) mass is 342 g/mol. The van der Waals surface area contributed by atoms with Gasteiger partial charge < -0.3 is 10.6 Å². The summed E-state index contributed by atoms with van der Waals surface area (Å²) in [4.78, 5) is 0. The predicted octanol–water partition coefficient (Wildman–Crippen LogP) is 4.61. The summed E-state index contributed by atoms with van der Waals surface area (Å²) in [5.41, 5.74) is 0. The molecule has 0 rings (SSSR count). The number of nitrogens with one attached hydrogen (secondary N) is 2. The van der Waals surface area contributed by atoms with Crippen molar-refractivity contribution in [3.05, 3.63) is 10.9 Å². The van der Waals surface area contributed by atoms with E-state index in [1.54, 1.807) is 27.7 Å². The fraction of sp³-hybridized carbons (Fsp3) is 0.750. The molecule has 10 heteroatoms. The van der Waals surface area contributed by atoms with Crippen LogP contribution in [0.5, 0.6) is 0 Å². The lowest BCUT2D eigenvalue weighted by molar-refractivity contribution is 0.563. The average molecular weight is 342 g/mol. The highest BCUT2D eigenvalue weighted by atomic mass is 32.5. The minimum Gasteiger partial charge on any atom is -0.369 e. The SMILES string of the molecule is CC(C)NC(NC(C)C)=C(P(F)(F)=S)P(F)(F)=S. The Morgan fingerprint density at radius 2 is 1.11 bits per heavy atom. The van der Waals surface area contributed by atoms with Gasteiger partial charge in [-0.25, -0.2) is 0 Å². The van der Waals surface area contributed by atoms with E-state index in [0.717, 1.165) is 0 Å². The summed E-state index contributed by atoms with van der Waals surface area (Å²) in [6.07, 6.45) is 0. The van der Waals surface area contributed by atoms with Gasteiger partial charge in [0.2, 0.25) is 0 Å². The Balaban J connectivity index is 5.86. The van der Waals surface area contributed by atoms with Crippen molar-refractivity contribution < 1.29 is 16.8 Å². The van der Waals surface area contributed by atoms with Gasteiger partial charge in [-0.3, -0.25) is 0 Å². The molecular weight excluding hydrogens is 326 g/mol. The molecule has 0 atom stereocenters. The first-order valence-corrected chi connectivity index (χ1v) is 10.3. The van der Waals surface area contributed by atoms with Crippen molar-refractivity contribution in [3.63, 3.8) is 0 Å². The number of halogens is 4. The van der Waals surface area contributed by atoms with E-state index in [1.165, 1.54) is 0 Å². The largest absolute Gasteiger partial charge is 0.369 e. The zero-order valence-corrected chi connectivity index (χ0v) is 13.8.